The van der Waals surface area contributed by atoms with E-state index in [0.29, 0.717) is 0 Å². The zero-order valence-corrected chi connectivity index (χ0v) is 11.0. The van der Waals surface area contributed by atoms with Crippen molar-refractivity contribution < 1.29 is 14.7 Å². The number of anilines is 1. The molecule has 1 amide bonds. The third kappa shape index (κ3) is 3.47. The van der Waals surface area contributed by atoms with Gasteiger partial charge in [0.15, 0.2) is 0 Å². The zero-order chi connectivity index (χ0) is 13.8. The molecule has 0 bridgehead atoms. The maximum atomic E-state index is 11.7. The number of carbonyl (C=O) groups excluding carboxylic acids is 1. The molecule has 1 heterocycles. The summed E-state index contributed by atoms with van der Waals surface area (Å²) < 4.78 is 0. The first-order chi connectivity index (χ1) is 9.06. The molecule has 0 unspecified atom stereocenters. The number of carboxylic acids is 1. The summed E-state index contributed by atoms with van der Waals surface area (Å²) in [5.41, 5.74) is 3.51. The lowest BCUT2D eigenvalue weighted by molar-refractivity contribution is -0.137. The van der Waals surface area contributed by atoms with E-state index >= 15 is 0 Å². The van der Waals surface area contributed by atoms with E-state index in [0.717, 1.165) is 30.6 Å². The number of rotatable bonds is 4. The van der Waals surface area contributed by atoms with Gasteiger partial charge in [-0.1, -0.05) is 12.1 Å². The van der Waals surface area contributed by atoms with Crippen LogP contribution in [0.5, 0.6) is 0 Å². The van der Waals surface area contributed by atoms with Gasteiger partial charge in [0.2, 0.25) is 5.91 Å². The molecule has 0 aromatic heterocycles. The Hall–Kier alpha value is -2.04. The summed E-state index contributed by atoms with van der Waals surface area (Å²) in [6.45, 7) is 2.74. The summed E-state index contributed by atoms with van der Waals surface area (Å²) in [7, 11) is 0. The lowest BCUT2D eigenvalue weighted by Gasteiger charge is -2.31. The van der Waals surface area contributed by atoms with Gasteiger partial charge in [0.05, 0.1) is 6.54 Å². The zero-order valence-electron chi connectivity index (χ0n) is 11.0. The summed E-state index contributed by atoms with van der Waals surface area (Å²) in [6.07, 6.45) is 2.05. The minimum atomic E-state index is -1.02. The van der Waals surface area contributed by atoms with Crippen LogP contribution in [0.3, 0.4) is 0 Å². The van der Waals surface area contributed by atoms with E-state index < -0.39 is 5.97 Å². The molecule has 0 fully saturated rings. The number of nitrogens with one attached hydrogen (secondary N) is 1. The number of aryl methyl sites for hydroxylation is 2. The maximum absolute atomic E-state index is 11.7. The van der Waals surface area contributed by atoms with Crippen LogP contribution < -0.4 is 10.2 Å². The fourth-order valence-corrected chi connectivity index (χ4v) is 2.33. The summed E-state index contributed by atoms with van der Waals surface area (Å²) in [5, 5.41) is 10.9. The van der Waals surface area contributed by atoms with E-state index in [1.807, 2.05) is 11.8 Å². The standard InChI is InChI=1S/C14H18N2O3/c1-10-4-5-11-3-2-6-16(12(11)7-10)9-13(17)15-8-14(18)19/h4-5,7H,2-3,6,8-9H2,1H3,(H,15,17)(H,18,19). The van der Waals surface area contributed by atoms with Crippen LogP contribution in [0, 0.1) is 6.92 Å². The molecule has 0 spiro atoms. The highest BCUT2D eigenvalue weighted by atomic mass is 16.4. The molecule has 102 valence electrons. The van der Waals surface area contributed by atoms with Crippen LogP contribution in [0.2, 0.25) is 0 Å². The van der Waals surface area contributed by atoms with Gasteiger partial charge in [0.25, 0.3) is 0 Å². The van der Waals surface area contributed by atoms with Crippen LogP contribution >= 0.6 is 0 Å². The van der Waals surface area contributed by atoms with Crippen LogP contribution in [0.1, 0.15) is 17.5 Å². The molecule has 0 radical (unpaired) electrons. The molecule has 0 saturated heterocycles. The molecule has 0 saturated carbocycles. The topological polar surface area (TPSA) is 69.6 Å². The van der Waals surface area contributed by atoms with E-state index in [1.54, 1.807) is 0 Å². The van der Waals surface area contributed by atoms with Crippen molar-refractivity contribution in [3.8, 4) is 0 Å². The van der Waals surface area contributed by atoms with Crippen LogP contribution in [0.4, 0.5) is 5.69 Å². The van der Waals surface area contributed by atoms with Gasteiger partial charge in [-0.3, -0.25) is 9.59 Å². The SMILES string of the molecule is Cc1ccc2c(c1)N(CC(=O)NCC(=O)O)CCC2. The van der Waals surface area contributed by atoms with E-state index in [9.17, 15) is 9.59 Å². The molecule has 5 heteroatoms. The highest BCUT2D eigenvalue weighted by Gasteiger charge is 2.19. The number of amides is 1. The molecule has 5 nitrogen and oxygen atoms in total. The van der Waals surface area contributed by atoms with Crippen molar-refractivity contribution in [2.75, 3.05) is 24.5 Å². The van der Waals surface area contributed by atoms with Gasteiger partial charge in [-0.2, -0.15) is 0 Å². The third-order valence-electron chi connectivity index (χ3n) is 3.23. The van der Waals surface area contributed by atoms with Crippen molar-refractivity contribution in [3.63, 3.8) is 0 Å². The average molecular weight is 262 g/mol. The molecule has 2 rings (SSSR count). The first-order valence-electron chi connectivity index (χ1n) is 6.39. The predicted molar refractivity (Wildman–Crippen MR) is 72.4 cm³/mol. The van der Waals surface area contributed by atoms with E-state index in [1.165, 1.54) is 5.56 Å². The molecule has 19 heavy (non-hydrogen) atoms. The average Bonchev–Trinajstić information content (AvgIpc) is 2.37. The van der Waals surface area contributed by atoms with Crippen molar-refractivity contribution in [3.05, 3.63) is 29.3 Å². The minimum Gasteiger partial charge on any atom is -0.480 e. The molecule has 0 atom stereocenters. The van der Waals surface area contributed by atoms with E-state index in [-0.39, 0.29) is 19.0 Å². The number of carbonyl (C=O) groups is 2. The lowest BCUT2D eigenvalue weighted by atomic mass is 10.00. The Kier molecular flexibility index (Phi) is 4.04. The third-order valence-corrected chi connectivity index (χ3v) is 3.23. The van der Waals surface area contributed by atoms with Gasteiger partial charge in [-0.05, 0) is 37.0 Å². The van der Waals surface area contributed by atoms with Gasteiger partial charge in [-0.15, -0.1) is 0 Å². The summed E-state index contributed by atoms with van der Waals surface area (Å²) in [5.74, 6) is -1.28. The number of benzene rings is 1. The highest BCUT2D eigenvalue weighted by molar-refractivity contribution is 5.85. The number of aliphatic carboxylic acids is 1. The van der Waals surface area contributed by atoms with Crippen LogP contribution in [0.25, 0.3) is 0 Å². The fourth-order valence-electron chi connectivity index (χ4n) is 2.33. The van der Waals surface area contributed by atoms with Crippen molar-refractivity contribution in [2.24, 2.45) is 0 Å². The van der Waals surface area contributed by atoms with Crippen molar-refractivity contribution in [1.82, 2.24) is 5.32 Å². The second kappa shape index (κ2) is 5.73. The van der Waals surface area contributed by atoms with Crippen molar-refractivity contribution >= 4 is 17.6 Å². The number of fused-ring (bicyclic) bond motifs is 1. The van der Waals surface area contributed by atoms with Gasteiger partial charge in [0, 0.05) is 12.2 Å². The first-order valence-corrected chi connectivity index (χ1v) is 6.39. The summed E-state index contributed by atoms with van der Waals surface area (Å²) >= 11 is 0. The highest BCUT2D eigenvalue weighted by Crippen LogP contribution is 2.27. The van der Waals surface area contributed by atoms with Crippen molar-refractivity contribution in [1.29, 1.82) is 0 Å². The van der Waals surface area contributed by atoms with Gasteiger partial charge >= 0.3 is 5.97 Å². The largest absolute Gasteiger partial charge is 0.480 e. The summed E-state index contributed by atoms with van der Waals surface area (Å²) in [4.78, 5) is 24.1. The molecule has 0 aliphatic carbocycles. The number of carboxylic acid groups (broad SMARTS) is 1. The second-order valence-electron chi connectivity index (χ2n) is 4.83. The van der Waals surface area contributed by atoms with Crippen molar-refractivity contribution in [2.45, 2.75) is 19.8 Å². The first kappa shape index (κ1) is 13.4. The van der Waals surface area contributed by atoms with Gasteiger partial charge in [-0.25, -0.2) is 0 Å². The number of hydrogen-bond acceptors (Lipinski definition) is 3. The van der Waals surface area contributed by atoms with Gasteiger partial charge < -0.3 is 15.3 Å². The Morgan fingerprint density at radius 3 is 2.95 bits per heavy atom. The quantitative estimate of drug-likeness (QED) is 0.847. The Balaban J connectivity index is 2.04. The normalized spacial score (nSPS) is 13.8. The molecule has 2 N–H and O–H groups in total. The van der Waals surface area contributed by atoms with Crippen LogP contribution in [0.15, 0.2) is 18.2 Å². The molecule has 1 aliphatic heterocycles. The van der Waals surface area contributed by atoms with Crippen LogP contribution in [-0.4, -0.2) is 36.6 Å². The Labute approximate surface area is 112 Å². The van der Waals surface area contributed by atoms with E-state index in [2.05, 4.69) is 23.5 Å². The van der Waals surface area contributed by atoms with E-state index in [4.69, 9.17) is 5.11 Å². The Morgan fingerprint density at radius 1 is 1.42 bits per heavy atom. The molecular formula is C14H18N2O3. The lowest BCUT2D eigenvalue weighted by Crippen LogP contribution is -2.41. The fraction of sp³-hybridized carbons (Fsp3) is 0.429. The van der Waals surface area contributed by atoms with Crippen LogP contribution in [-0.2, 0) is 16.0 Å². The molecule has 1 aromatic rings. The predicted octanol–water partition coefficient (Wildman–Crippen LogP) is 0.948. The Morgan fingerprint density at radius 2 is 2.21 bits per heavy atom. The Bertz CT molecular complexity index is 499. The molecule has 1 aromatic carbocycles. The maximum Gasteiger partial charge on any atom is 0.322 e. The smallest absolute Gasteiger partial charge is 0.322 e. The second-order valence-corrected chi connectivity index (χ2v) is 4.83. The molecule has 1 aliphatic rings. The number of hydrogen-bond donors (Lipinski definition) is 2. The minimum absolute atomic E-state index is 0.212. The number of nitrogens with zero attached hydrogens (tertiary/aromatic N) is 1. The monoisotopic (exact) mass is 262 g/mol. The van der Waals surface area contributed by atoms with Gasteiger partial charge in [0.1, 0.15) is 6.54 Å². The molecular weight excluding hydrogens is 244 g/mol. The summed E-state index contributed by atoms with van der Waals surface area (Å²) in [6, 6.07) is 6.26.